The monoisotopic (exact) mass is 290 g/mol. The van der Waals surface area contributed by atoms with E-state index in [0.29, 0.717) is 21.0 Å². The molecule has 0 unspecified atom stereocenters. The molecule has 0 aliphatic carbocycles. The zero-order valence-corrected chi connectivity index (χ0v) is 8.53. The summed E-state index contributed by atoms with van der Waals surface area (Å²) < 4.78 is 14.8. The van der Waals surface area contributed by atoms with Crippen molar-refractivity contribution in [1.82, 2.24) is 9.78 Å². The summed E-state index contributed by atoms with van der Waals surface area (Å²) in [5.74, 6) is -0.352. The minimum absolute atomic E-state index is 0.352. The van der Waals surface area contributed by atoms with Gasteiger partial charge in [-0.25, -0.2) is 9.07 Å². The van der Waals surface area contributed by atoms with Gasteiger partial charge in [0.05, 0.1) is 10.9 Å². The van der Waals surface area contributed by atoms with Crippen LogP contribution >= 0.6 is 22.6 Å². The van der Waals surface area contributed by atoms with Crippen LogP contribution in [0.3, 0.4) is 0 Å². The lowest BCUT2D eigenvalue weighted by atomic mass is 10.2. The highest BCUT2D eigenvalue weighted by Gasteiger charge is 2.10. The Hall–Kier alpha value is -0.980. The summed E-state index contributed by atoms with van der Waals surface area (Å²) in [5, 5.41) is 4.26. The fourth-order valence-corrected chi connectivity index (χ4v) is 1.95. The van der Waals surface area contributed by atoms with E-state index >= 15 is 0 Å². The molecule has 0 radical (unpaired) electrons. The Balaban J connectivity index is 2.95. The summed E-state index contributed by atoms with van der Waals surface area (Å²) in [4.78, 5) is 10.5. The summed E-state index contributed by atoms with van der Waals surface area (Å²) in [5.41, 5.74) is 0.499. The first-order valence-electron chi connectivity index (χ1n) is 3.51. The van der Waals surface area contributed by atoms with E-state index in [1.807, 2.05) is 22.6 Å². The van der Waals surface area contributed by atoms with E-state index in [2.05, 4.69) is 5.10 Å². The van der Waals surface area contributed by atoms with Crippen molar-refractivity contribution in [2.24, 2.45) is 0 Å². The van der Waals surface area contributed by atoms with Gasteiger partial charge in [-0.2, -0.15) is 5.10 Å². The number of hydrogen-bond acceptors (Lipinski definition) is 2. The smallest absolute Gasteiger partial charge is 0.234 e. The average molecular weight is 290 g/mol. The van der Waals surface area contributed by atoms with Gasteiger partial charge in [-0.05, 0) is 34.7 Å². The molecule has 5 heteroatoms. The molecule has 1 heterocycles. The molecule has 0 saturated heterocycles. The Kier molecular flexibility index (Phi) is 2.03. The number of aromatic nitrogens is 2. The van der Waals surface area contributed by atoms with Gasteiger partial charge in [-0.1, -0.05) is 6.07 Å². The van der Waals surface area contributed by atoms with E-state index in [4.69, 9.17) is 0 Å². The SMILES string of the molecule is O=Cn1nc(I)c2c(F)cccc21. The minimum Gasteiger partial charge on any atom is -0.276 e. The van der Waals surface area contributed by atoms with Gasteiger partial charge in [0.25, 0.3) is 0 Å². The van der Waals surface area contributed by atoms with Crippen molar-refractivity contribution < 1.29 is 9.18 Å². The largest absolute Gasteiger partial charge is 0.276 e. The van der Waals surface area contributed by atoms with Crippen LogP contribution in [0.25, 0.3) is 10.9 Å². The Labute approximate surface area is 86.7 Å². The van der Waals surface area contributed by atoms with Gasteiger partial charge in [0.1, 0.15) is 9.52 Å². The van der Waals surface area contributed by atoms with Crippen LogP contribution in [0.1, 0.15) is 0 Å². The highest BCUT2D eigenvalue weighted by molar-refractivity contribution is 14.1. The van der Waals surface area contributed by atoms with Crippen molar-refractivity contribution in [3.05, 3.63) is 27.7 Å². The lowest BCUT2D eigenvalue weighted by Crippen LogP contribution is -1.95. The normalized spacial score (nSPS) is 10.6. The third-order valence-electron chi connectivity index (χ3n) is 1.74. The highest BCUT2D eigenvalue weighted by atomic mass is 127. The molecule has 0 aliphatic rings. The zero-order chi connectivity index (χ0) is 9.42. The number of halogens is 2. The molecule has 66 valence electrons. The van der Waals surface area contributed by atoms with Crippen LogP contribution in [-0.2, 0) is 4.79 Å². The van der Waals surface area contributed by atoms with E-state index in [1.165, 1.54) is 6.07 Å². The van der Waals surface area contributed by atoms with Gasteiger partial charge >= 0.3 is 0 Å². The van der Waals surface area contributed by atoms with Gasteiger partial charge in [-0.3, -0.25) is 4.79 Å². The molecule has 0 N–H and O–H groups in total. The molecule has 13 heavy (non-hydrogen) atoms. The summed E-state index contributed by atoms with van der Waals surface area (Å²) in [6.07, 6.45) is 0.559. The van der Waals surface area contributed by atoms with E-state index in [9.17, 15) is 9.18 Å². The molecule has 0 amide bonds. The predicted octanol–water partition coefficient (Wildman–Crippen LogP) is 1.82. The molecule has 0 bridgehead atoms. The maximum atomic E-state index is 13.2. The highest BCUT2D eigenvalue weighted by Crippen LogP contribution is 2.21. The molecule has 1 aromatic carbocycles. The lowest BCUT2D eigenvalue weighted by molar-refractivity contribution is 0.542. The molecule has 1 aromatic heterocycles. The van der Waals surface area contributed by atoms with Crippen LogP contribution in [0, 0.1) is 9.52 Å². The van der Waals surface area contributed by atoms with Crippen molar-refractivity contribution in [3.63, 3.8) is 0 Å². The first kappa shape index (κ1) is 8.61. The summed E-state index contributed by atoms with van der Waals surface area (Å²) in [6, 6.07) is 4.55. The Morgan fingerprint density at radius 3 is 3.00 bits per heavy atom. The quantitative estimate of drug-likeness (QED) is 0.593. The van der Waals surface area contributed by atoms with Crippen molar-refractivity contribution in [2.45, 2.75) is 0 Å². The van der Waals surface area contributed by atoms with Crippen LogP contribution < -0.4 is 0 Å². The van der Waals surface area contributed by atoms with Crippen molar-refractivity contribution in [2.75, 3.05) is 0 Å². The Bertz CT molecular complexity index is 480. The van der Waals surface area contributed by atoms with Gasteiger partial charge in [0.2, 0.25) is 6.41 Å². The number of nitrogens with zero attached hydrogens (tertiary/aromatic N) is 2. The maximum Gasteiger partial charge on any atom is 0.234 e. The first-order valence-corrected chi connectivity index (χ1v) is 4.59. The zero-order valence-electron chi connectivity index (χ0n) is 6.37. The van der Waals surface area contributed by atoms with E-state index < -0.39 is 0 Å². The molecule has 3 nitrogen and oxygen atoms in total. The van der Waals surface area contributed by atoms with Crippen LogP contribution in [0.15, 0.2) is 18.2 Å². The van der Waals surface area contributed by atoms with E-state index in [-0.39, 0.29) is 5.82 Å². The van der Waals surface area contributed by atoms with Crippen LogP contribution in [0.2, 0.25) is 0 Å². The number of benzene rings is 1. The molecule has 0 atom stereocenters. The molecule has 0 aliphatic heterocycles. The minimum atomic E-state index is -0.352. The van der Waals surface area contributed by atoms with E-state index in [0.717, 1.165) is 4.68 Å². The molecule has 0 saturated carbocycles. The van der Waals surface area contributed by atoms with Crippen molar-refractivity contribution in [1.29, 1.82) is 0 Å². The summed E-state index contributed by atoms with van der Waals surface area (Å²) in [7, 11) is 0. The Morgan fingerprint density at radius 2 is 2.31 bits per heavy atom. The number of carbonyl (C=O) groups is 1. The second kappa shape index (κ2) is 3.06. The van der Waals surface area contributed by atoms with Gasteiger partial charge in [-0.15, -0.1) is 0 Å². The molecule has 2 rings (SSSR count). The second-order valence-corrected chi connectivity index (χ2v) is 3.50. The number of carbonyl (C=O) groups excluding carboxylic acids is 1. The summed E-state index contributed by atoms with van der Waals surface area (Å²) >= 11 is 1.90. The third-order valence-corrected chi connectivity index (χ3v) is 2.50. The maximum absolute atomic E-state index is 13.2. The molecule has 2 aromatic rings. The van der Waals surface area contributed by atoms with Crippen molar-refractivity contribution >= 4 is 39.9 Å². The first-order chi connectivity index (χ1) is 6.24. The third kappa shape index (κ3) is 1.23. The predicted molar refractivity (Wildman–Crippen MR) is 54.6 cm³/mol. The van der Waals surface area contributed by atoms with Crippen LogP contribution in [0.5, 0.6) is 0 Å². The number of fused-ring (bicyclic) bond motifs is 1. The van der Waals surface area contributed by atoms with Crippen LogP contribution in [0.4, 0.5) is 4.39 Å². The second-order valence-electron chi connectivity index (χ2n) is 2.47. The van der Waals surface area contributed by atoms with Gasteiger partial charge in [0, 0.05) is 0 Å². The standard InChI is InChI=1S/C8H4FIN2O/c9-5-2-1-3-6-7(5)8(10)11-12(6)4-13/h1-4H. The fraction of sp³-hybridized carbons (Fsp3) is 0. The number of rotatable bonds is 1. The fourth-order valence-electron chi connectivity index (χ4n) is 1.19. The topological polar surface area (TPSA) is 34.9 Å². The van der Waals surface area contributed by atoms with Gasteiger partial charge < -0.3 is 0 Å². The average Bonchev–Trinajstić information content (AvgIpc) is 2.44. The molecule has 0 fully saturated rings. The molecular formula is C8H4FIN2O. The lowest BCUT2D eigenvalue weighted by Gasteiger charge is -1.91. The van der Waals surface area contributed by atoms with Crippen molar-refractivity contribution in [3.8, 4) is 0 Å². The Morgan fingerprint density at radius 1 is 1.54 bits per heavy atom. The van der Waals surface area contributed by atoms with Gasteiger partial charge in [0.15, 0.2) is 0 Å². The van der Waals surface area contributed by atoms with Crippen LogP contribution in [-0.4, -0.2) is 16.2 Å². The molecule has 0 spiro atoms. The summed E-state index contributed by atoms with van der Waals surface area (Å²) in [6.45, 7) is 0. The molecular weight excluding hydrogens is 286 g/mol. The van der Waals surface area contributed by atoms with E-state index in [1.54, 1.807) is 12.1 Å². The number of hydrogen-bond donors (Lipinski definition) is 0.